The Balaban J connectivity index is 2.03. The summed E-state index contributed by atoms with van der Waals surface area (Å²) in [4.78, 5) is 6.71. The molecule has 1 saturated heterocycles. The lowest BCUT2D eigenvalue weighted by Crippen LogP contribution is -2.37. The molecule has 0 spiro atoms. The van der Waals surface area contributed by atoms with Crippen LogP contribution in [0, 0.1) is 5.41 Å². The van der Waals surface area contributed by atoms with Gasteiger partial charge < -0.3 is 10.0 Å². The maximum atomic E-state index is 8.95. The number of piperidine rings is 1. The van der Waals surface area contributed by atoms with Crippen molar-refractivity contribution < 1.29 is 5.11 Å². The summed E-state index contributed by atoms with van der Waals surface area (Å²) >= 11 is 0. The molecule has 0 atom stereocenters. The van der Waals surface area contributed by atoms with E-state index in [1.165, 1.54) is 12.8 Å². The molecular weight excluding hydrogens is 200 g/mol. The van der Waals surface area contributed by atoms with Crippen LogP contribution in [0.4, 0.5) is 5.82 Å². The van der Waals surface area contributed by atoms with E-state index in [-0.39, 0.29) is 6.61 Å². The molecule has 3 nitrogen and oxygen atoms in total. The summed E-state index contributed by atoms with van der Waals surface area (Å²) in [6.07, 6.45) is 4.20. The molecule has 0 saturated carbocycles. The van der Waals surface area contributed by atoms with E-state index in [2.05, 4.69) is 23.7 Å². The van der Waals surface area contributed by atoms with Crippen LogP contribution in [0.3, 0.4) is 0 Å². The molecule has 1 N–H and O–H groups in total. The molecule has 0 aliphatic carbocycles. The molecular formula is C13H20N2O. The zero-order valence-corrected chi connectivity index (χ0v) is 10.1. The van der Waals surface area contributed by atoms with Crippen LogP contribution in [-0.2, 0) is 6.61 Å². The molecule has 0 amide bonds. The number of aromatic nitrogens is 1. The zero-order chi connectivity index (χ0) is 11.6. The van der Waals surface area contributed by atoms with Gasteiger partial charge in [-0.05, 0) is 29.9 Å². The average molecular weight is 220 g/mol. The maximum Gasteiger partial charge on any atom is 0.128 e. The Morgan fingerprint density at radius 2 is 2.00 bits per heavy atom. The number of aliphatic hydroxyl groups is 1. The van der Waals surface area contributed by atoms with Gasteiger partial charge in [-0.3, -0.25) is 0 Å². The maximum absolute atomic E-state index is 8.95. The third kappa shape index (κ3) is 2.53. The topological polar surface area (TPSA) is 36.4 Å². The van der Waals surface area contributed by atoms with Gasteiger partial charge in [0.15, 0.2) is 0 Å². The second-order valence-corrected chi connectivity index (χ2v) is 5.33. The van der Waals surface area contributed by atoms with Gasteiger partial charge in [0.05, 0.1) is 6.61 Å². The van der Waals surface area contributed by atoms with Crippen LogP contribution < -0.4 is 4.90 Å². The van der Waals surface area contributed by atoms with Gasteiger partial charge in [-0.15, -0.1) is 0 Å². The van der Waals surface area contributed by atoms with Gasteiger partial charge in [-0.2, -0.15) is 0 Å². The Bertz CT molecular complexity index is 335. The van der Waals surface area contributed by atoms with Crippen molar-refractivity contribution in [2.75, 3.05) is 18.0 Å². The number of rotatable bonds is 2. The molecule has 2 heterocycles. The second kappa shape index (κ2) is 4.42. The van der Waals surface area contributed by atoms with E-state index >= 15 is 0 Å². The number of nitrogens with zero attached hydrogens (tertiary/aromatic N) is 2. The minimum atomic E-state index is 0.0698. The minimum absolute atomic E-state index is 0.0698. The molecule has 1 aromatic heterocycles. The summed E-state index contributed by atoms with van der Waals surface area (Å²) in [6.45, 7) is 6.89. The van der Waals surface area contributed by atoms with Crippen LogP contribution in [0.25, 0.3) is 0 Å². The lowest BCUT2D eigenvalue weighted by molar-refractivity contribution is 0.278. The standard InChI is InChI=1S/C13H20N2O/c1-13(2)5-7-15(8-6-13)12-4-3-11(10-16)9-14-12/h3-4,9,16H,5-8,10H2,1-2H3. The summed E-state index contributed by atoms with van der Waals surface area (Å²) in [6, 6.07) is 3.95. The molecule has 1 aliphatic heterocycles. The van der Waals surface area contributed by atoms with Crippen molar-refractivity contribution in [3.8, 4) is 0 Å². The first kappa shape index (κ1) is 11.4. The summed E-state index contributed by atoms with van der Waals surface area (Å²) < 4.78 is 0. The lowest BCUT2D eigenvalue weighted by atomic mass is 9.83. The average Bonchev–Trinajstić information content (AvgIpc) is 2.29. The van der Waals surface area contributed by atoms with Crippen LogP contribution in [0.1, 0.15) is 32.3 Å². The van der Waals surface area contributed by atoms with Gasteiger partial charge in [0, 0.05) is 19.3 Å². The first-order valence-corrected chi connectivity index (χ1v) is 5.91. The minimum Gasteiger partial charge on any atom is -0.392 e. The van der Waals surface area contributed by atoms with Crippen molar-refractivity contribution in [2.24, 2.45) is 5.41 Å². The highest BCUT2D eigenvalue weighted by molar-refractivity contribution is 5.39. The lowest BCUT2D eigenvalue weighted by Gasteiger charge is -2.37. The fourth-order valence-electron chi connectivity index (χ4n) is 2.04. The van der Waals surface area contributed by atoms with E-state index in [4.69, 9.17) is 5.11 Å². The first-order valence-electron chi connectivity index (χ1n) is 5.91. The van der Waals surface area contributed by atoms with E-state index in [1.807, 2.05) is 12.1 Å². The van der Waals surface area contributed by atoms with Crippen LogP contribution in [0.5, 0.6) is 0 Å². The third-order valence-corrected chi connectivity index (χ3v) is 3.43. The van der Waals surface area contributed by atoms with Crippen molar-refractivity contribution >= 4 is 5.82 Å². The smallest absolute Gasteiger partial charge is 0.128 e. The first-order chi connectivity index (χ1) is 7.61. The normalized spacial score (nSPS) is 19.8. The van der Waals surface area contributed by atoms with Crippen LogP contribution in [-0.4, -0.2) is 23.2 Å². The highest BCUT2D eigenvalue weighted by Gasteiger charge is 2.25. The number of anilines is 1. The molecule has 88 valence electrons. The Morgan fingerprint density at radius 1 is 1.31 bits per heavy atom. The highest BCUT2D eigenvalue weighted by atomic mass is 16.3. The molecule has 16 heavy (non-hydrogen) atoms. The van der Waals surface area contributed by atoms with E-state index in [0.29, 0.717) is 5.41 Å². The Morgan fingerprint density at radius 3 is 2.50 bits per heavy atom. The SMILES string of the molecule is CC1(C)CCN(c2ccc(CO)cn2)CC1. The van der Waals surface area contributed by atoms with Gasteiger partial charge in [-0.1, -0.05) is 19.9 Å². The molecule has 3 heteroatoms. The van der Waals surface area contributed by atoms with Crippen LogP contribution >= 0.6 is 0 Å². The second-order valence-electron chi connectivity index (χ2n) is 5.33. The molecule has 1 aromatic rings. The highest BCUT2D eigenvalue weighted by Crippen LogP contribution is 2.31. The summed E-state index contributed by atoms with van der Waals surface area (Å²) in [5.74, 6) is 1.03. The summed E-state index contributed by atoms with van der Waals surface area (Å²) in [5.41, 5.74) is 1.35. The summed E-state index contributed by atoms with van der Waals surface area (Å²) in [5, 5.41) is 8.95. The van der Waals surface area contributed by atoms with E-state index < -0.39 is 0 Å². The van der Waals surface area contributed by atoms with Crippen LogP contribution in [0.2, 0.25) is 0 Å². The molecule has 2 rings (SSSR count). The molecule has 0 bridgehead atoms. The van der Waals surface area contributed by atoms with Crippen molar-refractivity contribution in [2.45, 2.75) is 33.3 Å². The zero-order valence-electron chi connectivity index (χ0n) is 10.1. The van der Waals surface area contributed by atoms with Crippen molar-refractivity contribution in [3.05, 3.63) is 23.9 Å². The van der Waals surface area contributed by atoms with Gasteiger partial charge >= 0.3 is 0 Å². The van der Waals surface area contributed by atoms with E-state index in [0.717, 1.165) is 24.5 Å². The Kier molecular flexibility index (Phi) is 3.15. The predicted molar refractivity (Wildman–Crippen MR) is 65.4 cm³/mol. The summed E-state index contributed by atoms with van der Waals surface area (Å²) in [7, 11) is 0. The van der Waals surface area contributed by atoms with Gasteiger partial charge in [0.25, 0.3) is 0 Å². The Hall–Kier alpha value is -1.09. The predicted octanol–water partition coefficient (Wildman–Crippen LogP) is 2.20. The van der Waals surface area contributed by atoms with Crippen molar-refractivity contribution in [1.82, 2.24) is 4.98 Å². The largest absolute Gasteiger partial charge is 0.392 e. The number of aliphatic hydroxyl groups excluding tert-OH is 1. The molecule has 1 fully saturated rings. The monoisotopic (exact) mass is 220 g/mol. The molecule has 0 radical (unpaired) electrons. The van der Waals surface area contributed by atoms with Gasteiger partial charge in [-0.25, -0.2) is 4.98 Å². The van der Waals surface area contributed by atoms with Gasteiger partial charge in [0.2, 0.25) is 0 Å². The Labute approximate surface area is 97.1 Å². The number of hydrogen-bond acceptors (Lipinski definition) is 3. The molecule has 1 aliphatic rings. The third-order valence-electron chi connectivity index (χ3n) is 3.43. The van der Waals surface area contributed by atoms with E-state index in [1.54, 1.807) is 6.20 Å². The quantitative estimate of drug-likeness (QED) is 0.830. The van der Waals surface area contributed by atoms with Gasteiger partial charge in [0.1, 0.15) is 5.82 Å². The van der Waals surface area contributed by atoms with Crippen molar-refractivity contribution in [3.63, 3.8) is 0 Å². The fourth-order valence-corrected chi connectivity index (χ4v) is 2.04. The van der Waals surface area contributed by atoms with E-state index in [9.17, 15) is 0 Å². The number of hydrogen-bond donors (Lipinski definition) is 1. The fraction of sp³-hybridized carbons (Fsp3) is 0.615. The molecule has 0 unspecified atom stereocenters. The van der Waals surface area contributed by atoms with Crippen molar-refractivity contribution in [1.29, 1.82) is 0 Å². The molecule has 0 aromatic carbocycles. The number of pyridine rings is 1. The van der Waals surface area contributed by atoms with Crippen LogP contribution in [0.15, 0.2) is 18.3 Å².